The minimum absolute atomic E-state index is 0.353. The summed E-state index contributed by atoms with van der Waals surface area (Å²) in [4.78, 5) is 0. The fourth-order valence-corrected chi connectivity index (χ4v) is 4.17. The van der Waals surface area contributed by atoms with E-state index in [-0.39, 0.29) is 0 Å². The van der Waals surface area contributed by atoms with Crippen molar-refractivity contribution in [2.45, 2.75) is 115 Å². The molecule has 0 unspecified atom stereocenters. The first-order valence-corrected chi connectivity index (χ1v) is 9.86. The highest BCUT2D eigenvalue weighted by Crippen LogP contribution is 2.27. The maximum atomic E-state index is 6.25. The lowest BCUT2D eigenvalue weighted by atomic mass is 9.94. The zero-order valence-corrected chi connectivity index (χ0v) is 14.1. The minimum Gasteiger partial charge on any atom is -0.383 e. The Hall–Kier alpha value is -0.0551. The molecule has 0 aromatic rings. The van der Waals surface area contributed by atoms with Crippen LogP contribution < -0.4 is 0 Å². The Balaban J connectivity index is 1.50. The van der Waals surface area contributed by atoms with Gasteiger partial charge in [0.15, 0.2) is 0 Å². The van der Waals surface area contributed by atoms with Crippen molar-refractivity contribution in [3.8, 4) is 0 Å². The number of hydrogen-bond donors (Lipinski definition) is 0. The predicted octanol–water partition coefficient (Wildman–Crippen LogP) is 5.02. The molecular weight excluding hydrogens is 275 g/mol. The third kappa shape index (κ3) is 5.54. The molecule has 3 aliphatic carbocycles. The van der Waals surface area contributed by atoms with Gasteiger partial charge < -0.3 is 14.0 Å². The molecule has 0 aromatic heterocycles. The van der Waals surface area contributed by atoms with E-state index in [9.17, 15) is 0 Å². The van der Waals surface area contributed by atoms with E-state index in [0.29, 0.717) is 18.3 Å². The van der Waals surface area contributed by atoms with Crippen LogP contribution in [0.2, 0.25) is 0 Å². The molecule has 126 valence electrons. The highest BCUT2D eigenvalue weighted by atomic mass is 16.7. The second kappa shape index (κ2) is 9.29. The molecule has 0 saturated heterocycles. The Bertz CT molecular complexity index is 247. The Morgan fingerprint density at radius 1 is 0.409 bits per heavy atom. The van der Waals surface area contributed by atoms with Crippen LogP contribution in [0.25, 0.3) is 0 Å². The number of rotatable bonds is 6. The van der Waals surface area contributed by atoms with Crippen molar-refractivity contribution in [3.63, 3.8) is 0 Å². The molecule has 3 fully saturated rings. The Labute approximate surface area is 136 Å². The van der Waals surface area contributed by atoms with Crippen molar-refractivity contribution in [3.05, 3.63) is 0 Å². The van der Waals surface area contributed by atoms with Crippen molar-refractivity contribution < 1.29 is 14.0 Å². The molecule has 22 heavy (non-hydrogen) atoms. The molecule has 0 bridgehead atoms. The van der Waals surface area contributed by atoms with Gasteiger partial charge >= 0.3 is 7.32 Å². The third-order valence-corrected chi connectivity index (χ3v) is 5.57. The predicted molar refractivity (Wildman–Crippen MR) is 89.6 cm³/mol. The summed E-state index contributed by atoms with van der Waals surface area (Å²) < 4.78 is 18.8. The van der Waals surface area contributed by atoms with Crippen LogP contribution in [0.15, 0.2) is 0 Å². The first kappa shape index (κ1) is 16.8. The molecule has 0 aliphatic heterocycles. The highest BCUT2D eigenvalue weighted by molar-refractivity contribution is 6.36. The van der Waals surface area contributed by atoms with E-state index in [1.807, 2.05) is 0 Å². The van der Waals surface area contributed by atoms with Gasteiger partial charge in [0.2, 0.25) is 0 Å². The molecule has 3 saturated carbocycles. The molecule has 0 N–H and O–H groups in total. The van der Waals surface area contributed by atoms with Crippen molar-refractivity contribution in [2.75, 3.05) is 0 Å². The van der Waals surface area contributed by atoms with Crippen LogP contribution in [0.1, 0.15) is 96.3 Å². The standard InChI is InChI=1S/C18H33BO3/c1-4-10-16(11-5-1)20-19(21-17-12-6-2-7-13-17)22-18-14-8-3-9-15-18/h16-18H,1-15H2. The fraction of sp³-hybridized carbons (Fsp3) is 1.00. The molecule has 0 aromatic carbocycles. The average Bonchev–Trinajstić information content (AvgIpc) is 2.57. The summed E-state index contributed by atoms with van der Waals surface area (Å²) in [5.74, 6) is 0. The maximum Gasteiger partial charge on any atom is 0.640 e. The first-order valence-electron chi connectivity index (χ1n) is 9.86. The summed E-state index contributed by atoms with van der Waals surface area (Å²) in [6, 6.07) is 0. The van der Waals surface area contributed by atoms with Crippen LogP contribution in [-0.2, 0) is 14.0 Å². The van der Waals surface area contributed by atoms with E-state index in [1.54, 1.807) is 0 Å². The van der Waals surface area contributed by atoms with E-state index in [2.05, 4.69) is 0 Å². The third-order valence-electron chi connectivity index (χ3n) is 5.57. The second-order valence-electron chi connectivity index (χ2n) is 7.48. The van der Waals surface area contributed by atoms with Gasteiger partial charge in [0, 0.05) is 18.3 Å². The van der Waals surface area contributed by atoms with Crippen LogP contribution >= 0.6 is 0 Å². The molecule has 3 nitrogen and oxygen atoms in total. The topological polar surface area (TPSA) is 27.7 Å². The zero-order chi connectivity index (χ0) is 15.0. The van der Waals surface area contributed by atoms with E-state index in [0.717, 1.165) is 0 Å². The second-order valence-corrected chi connectivity index (χ2v) is 7.48. The van der Waals surface area contributed by atoms with Crippen molar-refractivity contribution in [2.24, 2.45) is 0 Å². The molecule has 4 heteroatoms. The number of hydrogen-bond acceptors (Lipinski definition) is 3. The largest absolute Gasteiger partial charge is 0.640 e. The Morgan fingerprint density at radius 2 is 0.682 bits per heavy atom. The quantitative estimate of drug-likeness (QED) is 0.645. The normalized spacial score (nSPS) is 26.2. The summed E-state index contributed by atoms with van der Waals surface area (Å²) in [6.45, 7) is 0. The summed E-state index contributed by atoms with van der Waals surface area (Å²) in [6.07, 6.45) is 20.0. The van der Waals surface area contributed by atoms with Gasteiger partial charge in [0.25, 0.3) is 0 Å². The Morgan fingerprint density at radius 3 is 0.955 bits per heavy atom. The Kier molecular flexibility index (Phi) is 7.09. The molecule has 3 aliphatic rings. The van der Waals surface area contributed by atoms with Gasteiger partial charge in [-0.2, -0.15) is 0 Å². The lowest BCUT2D eigenvalue weighted by Crippen LogP contribution is -2.40. The summed E-state index contributed by atoms with van der Waals surface area (Å²) >= 11 is 0. The van der Waals surface area contributed by atoms with E-state index >= 15 is 0 Å². The summed E-state index contributed by atoms with van der Waals surface area (Å²) in [5.41, 5.74) is 0. The van der Waals surface area contributed by atoms with E-state index in [4.69, 9.17) is 14.0 Å². The lowest BCUT2D eigenvalue weighted by Gasteiger charge is -2.32. The molecule has 0 amide bonds. The van der Waals surface area contributed by atoms with E-state index < -0.39 is 7.32 Å². The first-order chi connectivity index (χ1) is 10.9. The van der Waals surface area contributed by atoms with Gasteiger partial charge in [0.05, 0.1) is 0 Å². The lowest BCUT2D eigenvalue weighted by molar-refractivity contribution is -0.0154. The fourth-order valence-electron chi connectivity index (χ4n) is 4.17. The molecule has 0 heterocycles. The molecule has 0 spiro atoms. The van der Waals surface area contributed by atoms with Gasteiger partial charge in [-0.1, -0.05) is 57.8 Å². The molecule has 0 atom stereocenters. The highest BCUT2D eigenvalue weighted by Gasteiger charge is 2.33. The van der Waals surface area contributed by atoms with Crippen LogP contribution in [0.3, 0.4) is 0 Å². The molecular formula is C18H33BO3. The van der Waals surface area contributed by atoms with Crippen molar-refractivity contribution in [1.29, 1.82) is 0 Å². The van der Waals surface area contributed by atoms with Crippen LogP contribution in [-0.4, -0.2) is 25.6 Å². The van der Waals surface area contributed by atoms with Crippen LogP contribution in [0, 0.1) is 0 Å². The van der Waals surface area contributed by atoms with Crippen LogP contribution in [0.5, 0.6) is 0 Å². The summed E-state index contributed by atoms with van der Waals surface area (Å²) in [7, 11) is -0.408. The van der Waals surface area contributed by atoms with Gasteiger partial charge in [-0.3, -0.25) is 0 Å². The minimum atomic E-state index is -0.408. The SMILES string of the molecule is C1CCC(OB(OC2CCCCC2)OC2CCCCC2)CC1. The molecule has 0 radical (unpaired) electrons. The van der Waals surface area contributed by atoms with Gasteiger partial charge in [-0.25, -0.2) is 0 Å². The zero-order valence-electron chi connectivity index (χ0n) is 14.1. The van der Waals surface area contributed by atoms with Crippen LogP contribution in [0.4, 0.5) is 0 Å². The van der Waals surface area contributed by atoms with Crippen molar-refractivity contribution in [1.82, 2.24) is 0 Å². The summed E-state index contributed by atoms with van der Waals surface area (Å²) in [5, 5.41) is 0. The maximum absolute atomic E-state index is 6.25. The smallest absolute Gasteiger partial charge is 0.383 e. The van der Waals surface area contributed by atoms with Gasteiger partial charge in [0.1, 0.15) is 0 Å². The van der Waals surface area contributed by atoms with Gasteiger partial charge in [-0.15, -0.1) is 0 Å². The monoisotopic (exact) mass is 308 g/mol. The molecule has 3 rings (SSSR count). The average molecular weight is 308 g/mol. The van der Waals surface area contributed by atoms with Gasteiger partial charge in [-0.05, 0) is 38.5 Å². The van der Waals surface area contributed by atoms with E-state index in [1.165, 1.54) is 96.3 Å². The van der Waals surface area contributed by atoms with Crippen molar-refractivity contribution >= 4 is 7.32 Å².